The van der Waals surface area contributed by atoms with Crippen LogP contribution in [0.4, 0.5) is 0 Å². The molecule has 0 aliphatic heterocycles. The molecule has 0 fully saturated rings. The lowest BCUT2D eigenvalue weighted by Crippen LogP contribution is -2.34. The number of rotatable bonds is 6. The fourth-order valence-corrected chi connectivity index (χ4v) is 1.82. The minimum Gasteiger partial charge on any atom is -0.482 e. The highest BCUT2D eigenvalue weighted by atomic mass is 35.5. The third kappa shape index (κ3) is 5.27. The molecule has 7 heteroatoms. The van der Waals surface area contributed by atoms with Crippen molar-refractivity contribution in [2.45, 2.75) is 6.42 Å². The van der Waals surface area contributed by atoms with Crippen LogP contribution in [-0.4, -0.2) is 44.0 Å². The third-order valence-electron chi connectivity index (χ3n) is 2.62. The van der Waals surface area contributed by atoms with Crippen LogP contribution in [0, 0.1) is 0 Å². The molecule has 0 saturated carbocycles. The van der Waals surface area contributed by atoms with Gasteiger partial charge in [0.15, 0.2) is 6.61 Å². The molecule has 5 nitrogen and oxygen atoms in total. The maximum atomic E-state index is 11.8. The summed E-state index contributed by atoms with van der Waals surface area (Å²) in [5, 5.41) is 3.33. The number of benzene rings is 1. The summed E-state index contributed by atoms with van der Waals surface area (Å²) in [6, 6.07) is 4.77. The van der Waals surface area contributed by atoms with Crippen molar-refractivity contribution in [3.05, 3.63) is 28.2 Å². The van der Waals surface area contributed by atoms with Crippen LogP contribution < -0.4 is 10.1 Å². The van der Waals surface area contributed by atoms with Crippen LogP contribution in [-0.2, 0) is 9.59 Å². The van der Waals surface area contributed by atoms with E-state index in [9.17, 15) is 9.59 Å². The van der Waals surface area contributed by atoms with Crippen LogP contribution in [0.1, 0.15) is 6.42 Å². The van der Waals surface area contributed by atoms with Crippen molar-refractivity contribution in [3.8, 4) is 5.75 Å². The monoisotopic (exact) mass is 318 g/mol. The Kier molecular flexibility index (Phi) is 6.61. The highest BCUT2D eigenvalue weighted by molar-refractivity contribution is 6.35. The second-order valence-corrected chi connectivity index (χ2v) is 4.95. The lowest BCUT2D eigenvalue weighted by Gasteiger charge is -2.17. The van der Waals surface area contributed by atoms with E-state index in [2.05, 4.69) is 5.32 Å². The second kappa shape index (κ2) is 7.97. The molecule has 1 rings (SSSR count). The minimum atomic E-state index is -0.236. The quantitative estimate of drug-likeness (QED) is 0.872. The number of ether oxygens (including phenoxy) is 1. The lowest BCUT2D eigenvalue weighted by molar-refractivity contribution is -0.132. The smallest absolute Gasteiger partial charge is 0.260 e. The van der Waals surface area contributed by atoms with Gasteiger partial charge in [-0.3, -0.25) is 9.59 Å². The van der Waals surface area contributed by atoms with E-state index >= 15 is 0 Å². The van der Waals surface area contributed by atoms with E-state index in [1.807, 2.05) is 0 Å². The molecule has 1 N–H and O–H groups in total. The molecule has 110 valence electrons. The highest BCUT2D eigenvalue weighted by Gasteiger charge is 2.12. The van der Waals surface area contributed by atoms with Crippen molar-refractivity contribution >= 4 is 35.0 Å². The number of likely N-dealkylation sites (N-methyl/N-ethyl adjacent to an activating group) is 1. The molecule has 1 aromatic rings. The minimum absolute atomic E-state index is 0.119. The molecule has 0 aliphatic carbocycles. The first-order valence-electron chi connectivity index (χ1n) is 5.96. The zero-order valence-corrected chi connectivity index (χ0v) is 12.8. The molecule has 0 atom stereocenters. The van der Waals surface area contributed by atoms with E-state index in [-0.39, 0.29) is 24.8 Å². The van der Waals surface area contributed by atoms with E-state index in [4.69, 9.17) is 27.9 Å². The summed E-state index contributed by atoms with van der Waals surface area (Å²) in [6.07, 6.45) is 0.250. The molecular formula is C13H16Cl2N2O3. The Balaban J connectivity index is 2.44. The summed E-state index contributed by atoms with van der Waals surface area (Å²) in [4.78, 5) is 24.3. The van der Waals surface area contributed by atoms with Crippen LogP contribution in [0.3, 0.4) is 0 Å². The predicted octanol–water partition coefficient (Wildman–Crippen LogP) is 1.97. The number of carbonyl (C=O) groups excluding carboxylic acids is 2. The normalized spacial score (nSPS) is 10.0. The summed E-state index contributed by atoms with van der Waals surface area (Å²) in [5.74, 6) is 0.0374. The Hall–Kier alpha value is -1.46. The Labute approximate surface area is 127 Å². The molecular weight excluding hydrogens is 303 g/mol. The molecule has 1 aromatic carbocycles. The Morgan fingerprint density at radius 1 is 1.35 bits per heavy atom. The second-order valence-electron chi connectivity index (χ2n) is 4.10. The fourth-order valence-electron chi connectivity index (χ4n) is 1.36. The van der Waals surface area contributed by atoms with Crippen LogP contribution in [0.15, 0.2) is 18.2 Å². The van der Waals surface area contributed by atoms with E-state index in [1.54, 1.807) is 26.2 Å². The van der Waals surface area contributed by atoms with Crippen molar-refractivity contribution in [2.24, 2.45) is 0 Å². The number of nitrogens with zero attached hydrogens (tertiary/aromatic N) is 1. The maximum Gasteiger partial charge on any atom is 0.260 e. The Morgan fingerprint density at radius 3 is 2.65 bits per heavy atom. The van der Waals surface area contributed by atoms with Crippen LogP contribution >= 0.6 is 23.2 Å². The number of hydrogen-bond acceptors (Lipinski definition) is 3. The molecule has 2 amide bonds. The number of hydrogen-bond donors (Lipinski definition) is 1. The maximum absolute atomic E-state index is 11.8. The number of halogens is 2. The Bertz CT molecular complexity index is 495. The van der Waals surface area contributed by atoms with E-state index in [0.29, 0.717) is 22.3 Å². The van der Waals surface area contributed by atoms with Crippen LogP contribution in [0.25, 0.3) is 0 Å². The topological polar surface area (TPSA) is 58.6 Å². The van der Waals surface area contributed by atoms with Gasteiger partial charge in [-0.05, 0) is 18.2 Å². The first-order valence-corrected chi connectivity index (χ1v) is 6.72. The van der Waals surface area contributed by atoms with Gasteiger partial charge >= 0.3 is 0 Å². The molecule has 0 bridgehead atoms. The molecule has 0 aliphatic rings. The zero-order chi connectivity index (χ0) is 15.1. The highest BCUT2D eigenvalue weighted by Crippen LogP contribution is 2.27. The largest absolute Gasteiger partial charge is 0.482 e. The summed E-state index contributed by atoms with van der Waals surface area (Å²) < 4.78 is 5.33. The number of amides is 2. The van der Waals surface area contributed by atoms with Gasteiger partial charge in [-0.15, -0.1) is 0 Å². The molecule has 0 unspecified atom stereocenters. The van der Waals surface area contributed by atoms with Gasteiger partial charge in [0, 0.05) is 32.1 Å². The zero-order valence-electron chi connectivity index (χ0n) is 11.3. The summed E-state index contributed by atoms with van der Waals surface area (Å²) in [5.41, 5.74) is 0. The van der Waals surface area contributed by atoms with Gasteiger partial charge in [-0.2, -0.15) is 0 Å². The standard InChI is InChI=1S/C13H16Cl2N2O3/c1-16-12(18)5-6-17(2)13(19)8-20-11-4-3-9(14)7-10(11)15/h3-4,7H,5-6,8H2,1-2H3,(H,16,18). The Morgan fingerprint density at radius 2 is 2.05 bits per heavy atom. The van der Waals surface area contributed by atoms with Crippen LogP contribution in [0.5, 0.6) is 5.75 Å². The van der Waals surface area contributed by atoms with Gasteiger partial charge < -0.3 is 15.0 Å². The van der Waals surface area contributed by atoms with Gasteiger partial charge in [0.25, 0.3) is 5.91 Å². The van der Waals surface area contributed by atoms with E-state index in [0.717, 1.165) is 0 Å². The van der Waals surface area contributed by atoms with E-state index < -0.39 is 0 Å². The third-order valence-corrected chi connectivity index (χ3v) is 3.15. The van der Waals surface area contributed by atoms with Crippen LogP contribution in [0.2, 0.25) is 10.0 Å². The van der Waals surface area contributed by atoms with Crippen molar-refractivity contribution < 1.29 is 14.3 Å². The number of nitrogens with one attached hydrogen (secondary N) is 1. The fraction of sp³-hybridized carbons (Fsp3) is 0.385. The van der Waals surface area contributed by atoms with E-state index in [1.165, 1.54) is 11.0 Å². The van der Waals surface area contributed by atoms with Crippen molar-refractivity contribution in [3.63, 3.8) is 0 Å². The van der Waals surface area contributed by atoms with Gasteiger partial charge in [-0.1, -0.05) is 23.2 Å². The average Bonchev–Trinajstić information content (AvgIpc) is 2.42. The molecule has 0 aromatic heterocycles. The first-order chi connectivity index (χ1) is 9.43. The summed E-state index contributed by atoms with van der Waals surface area (Å²) in [6.45, 7) is 0.182. The molecule has 20 heavy (non-hydrogen) atoms. The molecule has 0 saturated heterocycles. The SMILES string of the molecule is CNC(=O)CCN(C)C(=O)COc1ccc(Cl)cc1Cl. The van der Waals surface area contributed by atoms with Gasteiger partial charge in [0.1, 0.15) is 5.75 Å². The molecule has 0 heterocycles. The van der Waals surface area contributed by atoms with Gasteiger partial charge in [-0.25, -0.2) is 0 Å². The summed E-state index contributed by atoms with van der Waals surface area (Å²) in [7, 11) is 3.16. The van der Waals surface area contributed by atoms with Crippen molar-refractivity contribution in [1.82, 2.24) is 10.2 Å². The lowest BCUT2D eigenvalue weighted by atomic mass is 10.3. The average molecular weight is 319 g/mol. The van der Waals surface area contributed by atoms with Gasteiger partial charge in [0.05, 0.1) is 5.02 Å². The molecule has 0 spiro atoms. The summed E-state index contributed by atoms with van der Waals surface area (Å²) >= 11 is 11.7. The van der Waals surface area contributed by atoms with Crippen molar-refractivity contribution in [1.29, 1.82) is 0 Å². The van der Waals surface area contributed by atoms with Gasteiger partial charge in [0.2, 0.25) is 5.91 Å². The predicted molar refractivity (Wildman–Crippen MR) is 78.3 cm³/mol. The number of carbonyl (C=O) groups is 2. The molecule has 0 radical (unpaired) electrons. The van der Waals surface area contributed by atoms with Crippen molar-refractivity contribution in [2.75, 3.05) is 27.2 Å². The first kappa shape index (κ1) is 16.6.